The number of carbonyl (C=O) groups is 2. The molecule has 2 fully saturated rings. The topological polar surface area (TPSA) is 67.0 Å². The van der Waals surface area contributed by atoms with Crippen LogP contribution >= 0.6 is 11.3 Å². The maximum absolute atomic E-state index is 12.9. The summed E-state index contributed by atoms with van der Waals surface area (Å²) in [6.07, 6.45) is 7.01. The van der Waals surface area contributed by atoms with E-state index in [1.165, 1.54) is 35.5 Å². The van der Waals surface area contributed by atoms with Gasteiger partial charge in [0, 0.05) is 6.54 Å². The van der Waals surface area contributed by atoms with Crippen LogP contribution in [0.3, 0.4) is 0 Å². The fourth-order valence-electron chi connectivity index (χ4n) is 4.43. The summed E-state index contributed by atoms with van der Waals surface area (Å²) in [6.45, 7) is 3.40. The molecule has 0 aromatic carbocycles. The lowest BCUT2D eigenvalue weighted by atomic mass is 10.1. The molecule has 2 aliphatic rings. The zero-order valence-corrected chi connectivity index (χ0v) is 16.9. The van der Waals surface area contributed by atoms with Gasteiger partial charge in [-0.2, -0.15) is 0 Å². The third kappa shape index (κ3) is 4.15. The molecule has 2 aliphatic heterocycles. The Hall–Kier alpha value is -2.12. The van der Waals surface area contributed by atoms with Gasteiger partial charge in [0.1, 0.15) is 6.04 Å². The van der Waals surface area contributed by atoms with E-state index in [4.69, 9.17) is 4.42 Å². The van der Waals surface area contributed by atoms with Crippen molar-refractivity contribution in [2.45, 2.75) is 44.2 Å². The van der Waals surface area contributed by atoms with Gasteiger partial charge in [-0.25, -0.2) is 0 Å². The molecule has 6 nitrogen and oxygen atoms in total. The second-order valence-corrected chi connectivity index (χ2v) is 8.61. The highest BCUT2D eigenvalue weighted by Crippen LogP contribution is 2.22. The van der Waals surface area contributed by atoms with Gasteiger partial charge in [-0.3, -0.25) is 9.59 Å². The number of nitrogens with zero attached hydrogens (tertiary/aromatic N) is 1. The Morgan fingerprint density at radius 3 is 2.79 bits per heavy atom. The van der Waals surface area contributed by atoms with E-state index in [0.717, 1.165) is 31.7 Å². The van der Waals surface area contributed by atoms with Crippen molar-refractivity contribution in [2.75, 3.05) is 26.2 Å². The molecule has 2 saturated heterocycles. The van der Waals surface area contributed by atoms with Crippen molar-refractivity contribution in [1.29, 1.82) is 0 Å². The molecule has 0 radical (unpaired) electrons. The van der Waals surface area contributed by atoms with Gasteiger partial charge >= 0.3 is 0 Å². The summed E-state index contributed by atoms with van der Waals surface area (Å²) in [5.41, 5.74) is 0. The van der Waals surface area contributed by atoms with Crippen molar-refractivity contribution < 1.29 is 18.9 Å². The summed E-state index contributed by atoms with van der Waals surface area (Å²) in [5.74, 6) is 0.849. The van der Waals surface area contributed by atoms with E-state index < -0.39 is 0 Å². The van der Waals surface area contributed by atoms with Crippen LogP contribution in [-0.2, 0) is 4.79 Å². The molecular weight excluding hydrogens is 374 g/mol. The number of furan rings is 1. The third-order valence-electron chi connectivity index (χ3n) is 5.90. The monoisotopic (exact) mass is 402 g/mol. The molecule has 2 aromatic heterocycles. The van der Waals surface area contributed by atoms with E-state index in [1.807, 2.05) is 29.6 Å². The fourth-order valence-corrected chi connectivity index (χ4v) is 5.11. The second kappa shape index (κ2) is 8.92. The van der Waals surface area contributed by atoms with Crippen molar-refractivity contribution in [3.8, 4) is 0 Å². The largest absolute Gasteiger partial charge is 0.463 e. The predicted octanol–water partition coefficient (Wildman–Crippen LogP) is 1.87. The Balaban J connectivity index is 1.40. The average Bonchev–Trinajstić information content (AvgIpc) is 3.51. The first-order valence-electron chi connectivity index (χ1n) is 10.2. The zero-order chi connectivity index (χ0) is 19.3. The number of piperidine rings is 1. The minimum Gasteiger partial charge on any atom is -0.463 e. The second-order valence-electron chi connectivity index (χ2n) is 7.67. The normalized spacial score (nSPS) is 21.6. The summed E-state index contributed by atoms with van der Waals surface area (Å²) < 4.78 is 5.68. The third-order valence-corrected chi connectivity index (χ3v) is 6.76. The van der Waals surface area contributed by atoms with Crippen LogP contribution < -0.4 is 10.2 Å². The lowest BCUT2D eigenvalue weighted by molar-refractivity contribution is -0.936. The summed E-state index contributed by atoms with van der Waals surface area (Å²) >= 11 is 1.43. The molecule has 2 N–H and O–H groups in total. The number of quaternary nitrogens is 1. The number of likely N-dealkylation sites (tertiary alicyclic amines) is 2. The molecule has 0 saturated carbocycles. The molecule has 0 aliphatic carbocycles. The van der Waals surface area contributed by atoms with Crippen molar-refractivity contribution in [3.63, 3.8) is 0 Å². The Morgan fingerprint density at radius 2 is 2.07 bits per heavy atom. The minimum atomic E-state index is -0.372. The molecule has 0 bridgehead atoms. The van der Waals surface area contributed by atoms with Gasteiger partial charge in [-0.05, 0) is 55.7 Å². The molecule has 4 rings (SSSR count). The number of hydrogen-bond acceptors (Lipinski definition) is 4. The van der Waals surface area contributed by atoms with Gasteiger partial charge in [-0.1, -0.05) is 6.07 Å². The first kappa shape index (κ1) is 19.2. The zero-order valence-electron chi connectivity index (χ0n) is 16.1. The van der Waals surface area contributed by atoms with Crippen molar-refractivity contribution in [3.05, 3.63) is 46.5 Å². The summed E-state index contributed by atoms with van der Waals surface area (Å²) in [7, 11) is 0. The number of thiophene rings is 1. The van der Waals surface area contributed by atoms with Crippen LogP contribution in [0.2, 0.25) is 0 Å². The molecule has 28 heavy (non-hydrogen) atoms. The number of amides is 2. The van der Waals surface area contributed by atoms with Crippen LogP contribution in [-0.4, -0.2) is 48.9 Å². The average molecular weight is 403 g/mol. The highest BCUT2D eigenvalue weighted by atomic mass is 32.1. The van der Waals surface area contributed by atoms with E-state index >= 15 is 0 Å². The SMILES string of the molecule is O=C(NC[C@@H](c1ccco1)[NH+]1CCCCC1)[C@@H]1CCCN1C(=O)c1cccs1. The van der Waals surface area contributed by atoms with Gasteiger partial charge in [0.15, 0.2) is 11.8 Å². The highest BCUT2D eigenvalue weighted by Gasteiger charge is 2.36. The van der Waals surface area contributed by atoms with Crippen molar-refractivity contribution in [1.82, 2.24) is 10.2 Å². The van der Waals surface area contributed by atoms with Gasteiger partial charge in [0.2, 0.25) is 5.91 Å². The first-order chi connectivity index (χ1) is 13.7. The van der Waals surface area contributed by atoms with Crippen LogP contribution in [0.5, 0.6) is 0 Å². The molecule has 7 heteroatoms. The van der Waals surface area contributed by atoms with Crippen LogP contribution in [0.15, 0.2) is 40.3 Å². The van der Waals surface area contributed by atoms with Gasteiger partial charge < -0.3 is 19.5 Å². The van der Waals surface area contributed by atoms with E-state index in [1.54, 1.807) is 11.2 Å². The molecule has 0 spiro atoms. The maximum atomic E-state index is 12.9. The van der Waals surface area contributed by atoms with Gasteiger partial charge in [-0.15, -0.1) is 11.3 Å². The quantitative estimate of drug-likeness (QED) is 0.775. The summed E-state index contributed by atoms with van der Waals surface area (Å²) in [6, 6.07) is 7.36. The molecule has 2 atom stereocenters. The molecule has 2 aromatic rings. The summed E-state index contributed by atoms with van der Waals surface area (Å²) in [4.78, 5) is 29.6. The molecular formula is C21H28N3O3S+. The van der Waals surface area contributed by atoms with Crippen LogP contribution in [0.25, 0.3) is 0 Å². The predicted molar refractivity (Wildman–Crippen MR) is 107 cm³/mol. The number of carbonyl (C=O) groups excluding carboxylic acids is 2. The van der Waals surface area contributed by atoms with E-state index in [2.05, 4.69) is 5.32 Å². The lowest BCUT2D eigenvalue weighted by Crippen LogP contribution is -3.13. The molecule has 4 heterocycles. The number of nitrogens with one attached hydrogen (secondary N) is 2. The maximum Gasteiger partial charge on any atom is 0.264 e. The minimum absolute atomic E-state index is 0.0307. The van der Waals surface area contributed by atoms with Crippen LogP contribution in [0.1, 0.15) is 53.6 Å². The number of hydrogen-bond donors (Lipinski definition) is 2. The molecule has 0 unspecified atom stereocenters. The van der Waals surface area contributed by atoms with Gasteiger partial charge in [0.05, 0.1) is 30.8 Å². The van der Waals surface area contributed by atoms with Crippen LogP contribution in [0, 0.1) is 0 Å². The van der Waals surface area contributed by atoms with E-state index in [9.17, 15) is 9.59 Å². The van der Waals surface area contributed by atoms with Gasteiger partial charge in [0.25, 0.3) is 5.91 Å². The fraction of sp³-hybridized carbons (Fsp3) is 0.524. The van der Waals surface area contributed by atoms with Crippen molar-refractivity contribution in [2.24, 2.45) is 0 Å². The van der Waals surface area contributed by atoms with Crippen molar-refractivity contribution >= 4 is 23.2 Å². The Labute approximate surface area is 169 Å². The van der Waals surface area contributed by atoms with Crippen LogP contribution in [0.4, 0.5) is 0 Å². The standard InChI is InChI=1S/C21H27N3O3S/c25-20(16-7-4-12-24(16)21(26)19-9-6-14-28-19)22-15-17(18-8-5-13-27-18)23-10-2-1-3-11-23/h5-6,8-9,13-14,16-17H,1-4,7,10-12,15H2,(H,22,25)/p+1/t16-,17-/m0/s1. The lowest BCUT2D eigenvalue weighted by Gasteiger charge is -2.31. The first-order valence-corrected chi connectivity index (χ1v) is 11.1. The smallest absolute Gasteiger partial charge is 0.264 e. The number of rotatable bonds is 6. The Morgan fingerprint density at radius 1 is 1.21 bits per heavy atom. The van der Waals surface area contributed by atoms with E-state index in [-0.39, 0.29) is 23.9 Å². The van der Waals surface area contributed by atoms with E-state index in [0.29, 0.717) is 18.0 Å². The molecule has 150 valence electrons. The summed E-state index contributed by atoms with van der Waals surface area (Å²) in [5, 5.41) is 5.03. The Bertz CT molecular complexity index is 769. The molecule has 2 amide bonds. The highest BCUT2D eigenvalue weighted by molar-refractivity contribution is 7.12. The Kier molecular flexibility index (Phi) is 6.12.